The minimum atomic E-state index is -0.232. The predicted molar refractivity (Wildman–Crippen MR) is 124 cm³/mol. The van der Waals surface area contributed by atoms with Gasteiger partial charge in [0, 0.05) is 24.9 Å². The summed E-state index contributed by atoms with van der Waals surface area (Å²) in [5.74, 6) is 1.47. The number of benzene rings is 1. The molecule has 1 aliphatic heterocycles. The van der Waals surface area contributed by atoms with Gasteiger partial charge in [-0.05, 0) is 37.8 Å². The van der Waals surface area contributed by atoms with Crippen LogP contribution in [0, 0.1) is 12.8 Å². The van der Waals surface area contributed by atoms with E-state index in [4.69, 9.17) is 4.52 Å². The second-order valence-corrected chi connectivity index (χ2v) is 9.03. The zero-order chi connectivity index (χ0) is 23.1. The van der Waals surface area contributed by atoms with E-state index < -0.39 is 0 Å². The average molecular weight is 449 g/mol. The smallest absolute Gasteiger partial charge is 0.278 e. The Labute approximate surface area is 191 Å². The fourth-order valence-corrected chi connectivity index (χ4v) is 4.69. The van der Waals surface area contributed by atoms with Crippen molar-refractivity contribution in [2.45, 2.75) is 53.1 Å². The summed E-state index contributed by atoms with van der Waals surface area (Å²) in [6.45, 7) is 7.88. The van der Waals surface area contributed by atoms with Crippen LogP contribution in [-0.2, 0) is 24.3 Å². The van der Waals surface area contributed by atoms with Gasteiger partial charge in [-0.2, -0.15) is 4.98 Å². The Kier molecular flexibility index (Phi) is 5.47. The highest BCUT2D eigenvalue weighted by Gasteiger charge is 2.24. The molecule has 3 aromatic heterocycles. The molecule has 1 aromatic carbocycles. The summed E-state index contributed by atoms with van der Waals surface area (Å²) in [7, 11) is 0. The summed E-state index contributed by atoms with van der Waals surface area (Å²) in [5.41, 5.74) is 2.70. The van der Waals surface area contributed by atoms with Gasteiger partial charge in [0.25, 0.3) is 5.56 Å². The Bertz CT molecular complexity index is 1400. The molecule has 9 nitrogen and oxygen atoms in total. The van der Waals surface area contributed by atoms with E-state index in [0.717, 1.165) is 42.4 Å². The number of hydrogen-bond acceptors (Lipinski definition) is 6. The van der Waals surface area contributed by atoms with E-state index in [-0.39, 0.29) is 24.6 Å². The highest BCUT2D eigenvalue weighted by atomic mass is 16.5. The molecule has 9 heteroatoms. The highest BCUT2D eigenvalue weighted by molar-refractivity contribution is 6.06. The zero-order valence-electron chi connectivity index (χ0n) is 19.2. The van der Waals surface area contributed by atoms with E-state index in [1.165, 1.54) is 10.9 Å². The highest BCUT2D eigenvalue weighted by Crippen LogP contribution is 2.27. The number of carbonyl (C=O) groups excluding carboxylic acids is 1. The summed E-state index contributed by atoms with van der Waals surface area (Å²) in [4.78, 5) is 37.6. The normalized spacial score (nSPS) is 16.7. The number of aromatic nitrogens is 5. The van der Waals surface area contributed by atoms with E-state index in [0.29, 0.717) is 35.1 Å². The molecular formula is C24H28N6O3. The zero-order valence-corrected chi connectivity index (χ0v) is 19.2. The molecule has 1 amide bonds. The lowest BCUT2D eigenvalue weighted by Crippen LogP contribution is -2.41. The number of amides is 1. The number of fused-ring (bicyclic) bond motifs is 3. The number of aryl methyl sites for hydroxylation is 2. The van der Waals surface area contributed by atoms with Crippen molar-refractivity contribution in [3.63, 3.8) is 0 Å². The van der Waals surface area contributed by atoms with Crippen LogP contribution in [0.2, 0.25) is 0 Å². The van der Waals surface area contributed by atoms with Gasteiger partial charge in [0.05, 0.1) is 11.8 Å². The first kappa shape index (κ1) is 21.4. The van der Waals surface area contributed by atoms with Crippen LogP contribution < -0.4 is 5.56 Å². The number of rotatable bonds is 5. The van der Waals surface area contributed by atoms with Crippen molar-refractivity contribution in [2.24, 2.45) is 5.92 Å². The molecule has 1 fully saturated rings. The van der Waals surface area contributed by atoms with Gasteiger partial charge in [-0.15, -0.1) is 0 Å². The largest absolute Gasteiger partial charge is 0.341 e. The lowest BCUT2D eigenvalue weighted by molar-refractivity contribution is -0.133. The number of carbonyl (C=O) groups is 1. The van der Waals surface area contributed by atoms with Gasteiger partial charge in [0.15, 0.2) is 5.82 Å². The molecule has 0 radical (unpaired) electrons. The van der Waals surface area contributed by atoms with Crippen molar-refractivity contribution in [2.75, 3.05) is 13.1 Å². The Hall–Kier alpha value is -3.49. The lowest BCUT2D eigenvalue weighted by Gasteiger charge is -2.31. The summed E-state index contributed by atoms with van der Waals surface area (Å²) < 4.78 is 8.55. The van der Waals surface area contributed by atoms with Gasteiger partial charge in [-0.1, -0.05) is 30.6 Å². The summed E-state index contributed by atoms with van der Waals surface area (Å²) >= 11 is 0. The van der Waals surface area contributed by atoms with Crippen LogP contribution in [-0.4, -0.2) is 48.2 Å². The molecular weight excluding hydrogens is 420 g/mol. The maximum Gasteiger partial charge on any atom is 0.278 e. The maximum atomic E-state index is 13.6. The topological polar surface area (TPSA) is 99.0 Å². The first-order valence-corrected chi connectivity index (χ1v) is 11.5. The molecule has 1 saturated heterocycles. The van der Waals surface area contributed by atoms with Crippen molar-refractivity contribution >= 4 is 27.8 Å². The van der Waals surface area contributed by atoms with Crippen LogP contribution in [0.25, 0.3) is 21.9 Å². The summed E-state index contributed by atoms with van der Waals surface area (Å²) in [6.07, 6.45) is 4.32. The minimum Gasteiger partial charge on any atom is -0.341 e. The Morgan fingerprint density at radius 1 is 1.30 bits per heavy atom. The van der Waals surface area contributed by atoms with E-state index >= 15 is 0 Å². The monoisotopic (exact) mass is 448 g/mol. The molecule has 0 spiro atoms. The fraction of sp³-hybridized carbons (Fsp3) is 0.458. The Morgan fingerprint density at radius 3 is 2.91 bits per heavy atom. The van der Waals surface area contributed by atoms with Crippen LogP contribution in [0.4, 0.5) is 0 Å². The third kappa shape index (κ3) is 3.92. The van der Waals surface area contributed by atoms with Gasteiger partial charge in [0.2, 0.25) is 11.8 Å². The average Bonchev–Trinajstić information content (AvgIpc) is 3.38. The van der Waals surface area contributed by atoms with Crippen molar-refractivity contribution < 1.29 is 9.32 Å². The number of piperidine rings is 1. The molecule has 0 bridgehead atoms. The van der Waals surface area contributed by atoms with E-state index in [1.807, 2.05) is 41.5 Å². The van der Waals surface area contributed by atoms with Crippen LogP contribution >= 0.6 is 0 Å². The SMILES string of the molecule is CCc1noc(Cn2cnc3c4cc(C)ccc4n(CC(=O)N4CCC[C@@H](C)C4)c3c2=O)n1. The molecule has 0 N–H and O–H groups in total. The van der Waals surface area contributed by atoms with Crippen LogP contribution in [0.3, 0.4) is 0 Å². The van der Waals surface area contributed by atoms with Crippen LogP contribution in [0.5, 0.6) is 0 Å². The van der Waals surface area contributed by atoms with E-state index in [9.17, 15) is 9.59 Å². The second-order valence-electron chi connectivity index (χ2n) is 9.03. The standard InChI is InChI=1S/C24H28N6O3/c1-4-19-26-20(33-27-19)12-29-14-25-22-17-10-15(2)7-8-18(17)30(23(22)24(29)32)13-21(31)28-9-5-6-16(3)11-28/h7-8,10,14,16H,4-6,9,11-13H2,1-3H3/t16-/m1/s1. The Balaban J connectivity index is 1.60. The van der Waals surface area contributed by atoms with Gasteiger partial charge >= 0.3 is 0 Å². The number of hydrogen-bond donors (Lipinski definition) is 0. The van der Waals surface area contributed by atoms with E-state index in [1.54, 1.807) is 0 Å². The minimum absolute atomic E-state index is 0.0280. The molecule has 4 aromatic rings. The maximum absolute atomic E-state index is 13.6. The van der Waals surface area contributed by atoms with E-state index in [2.05, 4.69) is 22.0 Å². The second kappa shape index (κ2) is 8.46. The quantitative estimate of drug-likeness (QED) is 0.466. The molecule has 1 aliphatic rings. The van der Waals surface area contributed by atoms with Crippen molar-refractivity contribution in [3.05, 3.63) is 52.2 Å². The van der Waals surface area contributed by atoms with Crippen LogP contribution in [0.1, 0.15) is 44.0 Å². The van der Waals surface area contributed by atoms with Gasteiger partial charge in [-0.25, -0.2) is 4.98 Å². The molecule has 1 atom stereocenters. The molecule has 33 heavy (non-hydrogen) atoms. The summed E-state index contributed by atoms with van der Waals surface area (Å²) in [5, 5.41) is 4.78. The van der Waals surface area contributed by atoms with Crippen molar-refractivity contribution in [3.8, 4) is 0 Å². The first-order chi connectivity index (χ1) is 15.9. The third-order valence-electron chi connectivity index (χ3n) is 6.42. The summed E-state index contributed by atoms with van der Waals surface area (Å²) in [6, 6.07) is 5.98. The molecule has 172 valence electrons. The number of nitrogens with zero attached hydrogens (tertiary/aromatic N) is 6. The molecule has 5 rings (SSSR count). The van der Waals surface area contributed by atoms with Gasteiger partial charge in [0.1, 0.15) is 24.1 Å². The van der Waals surface area contributed by atoms with Gasteiger partial charge < -0.3 is 14.0 Å². The third-order valence-corrected chi connectivity index (χ3v) is 6.42. The van der Waals surface area contributed by atoms with Crippen molar-refractivity contribution in [1.82, 2.24) is 29.2 Å². The predicted octanol–water partition coefficient (Wildman–Crippen LogP) is 2.91. The number of likely N-dealkylation sites (tertiary alicyclic amines) is 1. The van der Waals surface area contributed by atoms with Gasteiger partial charge in [-0.3, -0.25) is 14.2 Å². The molecule has 4 heterocycles. The first-order valence-electron chi connectivity index (χ1n) is 11.5. The Morgan fingerprint density at radius 2 is 2.15 bits per heavy atom. The molecule has 0 unspecified atom stereocenters. The van der Waals surface area contributed by atoms with Crippen LogP contribution in [0.15, 0.2) is 33.8 Å². The molecule has 0 saturated carbocycles. The molecule has 0 aliphatic carbocycles. The fourth-order valence-electron chi connectivity index (χ4n) is 4.69. The lowest BCUT2D eigenvalue weighted by atomic mass is 10.0. The van der Waals surface area contributed by atoms with Crippen molar-refractivity contribution in [1.29, 1.82) is 0 Å².